The third-order valence-electron chi connectivity index (χ3n) is 4.17. The minimum absolute atomic E-state index is 0. The van der Waals surface area contributed by atoms with Crippen molar-refractivity contribution in [1.82, 2.24) is 5.32 Å². The number of methoxy groups -OCH3 is 1. The van der Waals surface area contributed by atoms with Crippen LogP contribution in [0.25, 0.3) is 0 Å². The van der Waals surface area contributed by atoms with Gasteiger partial charge in [0.2, 0.25) is 0 Å². The second kappa shape index (κ2) is 12.5. The molecule has 6 nitrogen and oxygen atoms in total. The molecule has 0 aromatic heterocycles. The lowest BCUT2D eigenvalue weighted by atomic mass is 10.1. The number of ether oxygens (including phenoxy) is 3. The number of benzene rings is 2. The van der Waals surface area contributed by atoms with Crippen molar-refractivity contribution in [3.8, 4) is 11.5 Å². The molecular formula is C21H27FIN3O3. The topological polar surface area (TPSA) is 64.1 Å². The van der Waals surface area contributed by atoms with E-state index in [9.17, 15) is 4.39 Å². The van der Waals surface area contributed by atoms with Crippen LogP contribution in [0.1, 0.15) is 12.0 Å². The van der Waals surface area contributed by atoms with Crippen molar-refractivity contribution in [3.05, 3.63) is 53.8 Å². The molecule has 158 valence electrons. The normalized spacial score (nSPS) is 13.2. The second-order valence-corrected chi connectivity index (χ2v) is 6.37. The summed E-state index contributed by atoms with van der Waals surface area (Å²) in [7, 11) is 1.64. The van der Waals surface area contributed by atoms with E-state index in [0.29, 0.717) is 45.3 Å². The molecule has 29 heavy (non-hydrogen) atoms. The summed E-state index contributed by atoms with van der Waals surface area (Å²) in [4.78, 5) is 4.51. The number of rotatable bonds is 7. The van der Waals surface area contributed by atoms with Crippen molar-refractivity contribution in [2.45, 2.75) is 12.8 Å². The zero-order chi connectivity index (χ0) is 19.6. The second-order valence-electron chi connectivity index (χ2n) is 6.37. The van der Waals surface area contributed by atoms with E-state index >= 15 is 0 Å². The number of nitrogens with one attached hydrogen (secondary N) is 2. The van der Waals surface area contributed by atoms with E-state index in [2.05, 4.69) is 15.6 Å². The van der Waals surface area contributed by atoms with Crippen LogP contribution in [0.2, 0.25) is 0 Å². The van der Waals surface area contributed by atoms with Crippen LogP contribution in [-0.4, -0.2) is 46.0 Å². The van der Waals surface area contributed by atoms with Gasteiger partial charge in [0.1, 0.15) is 5.82 Å². The Hall–Kier alpha value is -2.07. The molecule has 0 unspecified atom stereocenters. The summed E-state index contributed by atoms with van der Waals surface area (Å²) in [6, 6.07) is 12.3. The van der Waals surface area contributed by atoms with Gasteiger partial charge >= 0.3 is 0 Å². The van der Waals surface area contributed by atoms with Gasteiger partial charge in [0, 0.05) is 31.8 Å². The molecule has 0 aliphatic carbocycles. The van der Waals surface area contributed by atoms with Crippen molar-refractivity contribution in [2.75, 3.05) is 45.3 Å². The lowest BCUT2D eigenvalue weighted by Gasteiger charge is -2.14. The van der Waals surface area contributed by atoms with Crippen molar-refractivity contribution in [1.29, 1.82) is 0 Å². The van der Waals surface area contributed by atoms with Crippen molar-refractivity contribution in [2.24, 2.45) is 4.99 Å². The molecule has 0 saturated heterocycles. The summed E-state index contributed by atoms with van der Waals surface area (Å²) in [5.41, 5.74) is 1.78. The molecule has 0 fully saturated rings. The number of anilines is 1. The number of guanidine groups is 1. The number of hydrogen-bond acceptors (Lipinski definition) is 4. The molecule has 0 atom stereocenters. The molecular weight excluding hydrogens is 488 g/mol. The first kappa shape index (κ1) is 23.2. The SMILES string of the molecule is COCCN=C(NCCc1cccc(F)c1)Nc1ccc2c(c1)OCCCO2.I. The minimum Gasteiger partial charge on any atom is -0.490 e. The Morgan fingerprint density at radius 3 is 2.76 bits per heavy atom. The number of nitrogens with zero attached hydrogens (tertiary/aromatic N) is 1. The van der Waals surface area contributed by atoms with E-state index in [0.717, 1.165) is 29.2 Å². The molecule has 0 saturated carbocycles. The van der Waals surface area contributed by atoms with Crippen LogP contribution in [0.3, 0.4) is 0 Å². The Labute approximate surface area is 187 Å². The zero-order valence-corrected chi connectivity index (χ0v) is 18.8. The van der Waals surface area contributed by atoms with E-state index in [1.54, 1.807) is 19.2 Å². The third-order valence-corrected chi connectivity index (χ3v) is 4.17. The molecule has 0 spiro atoms. The summed E-state index contributed by atoms with van der Waals surface area (Å²) in [5.74, 6) is 1.87. The van der Waals surface area contributed by atoms with Gasteiger partial charge in [-0.3, -0.25) is 4.99 Å². The molecule has 8 heteroatoms. The maximum atomic E-state index is 13.3. The summed E-state index contributed by atoms with van der Waals surface area (Å²) < 4.78 is 29.8. The van der Waals surface area contributed by atoms with Crippen LogP contribution in [0.5, 0.6) is 11.5 Å². The summed E-state index contributed by atoms with van der Waals surface area (Å²) in [6.45, 7) is 2.96. The standard InChI is InChI=1S/C21H26FN3O3.HI/c1-26-13-10-24-21(23-9-8-16-4-2-5-17(22)14-16)25-18-6-7-19-20(15-18)28-12-3-11-27-19;/h2,4-7,14-15H,3,8-13H2,1H3,(H2,23,24,25);1H. The van der Waals surface area contributed by atoms with E-state index in [1.165, 1.54) is 6.07 Å². The van der Waals surface area contributed by atoms with Gasteiger partial charge < -0.3 is 24.8 Å². The fourth-order valence-corrected chi connectivity index (χ4v) is 2.78. The van der Waals surface area contributed by atoms with Gasteiger partial charge in [-0.25, -0.2) is 4.39 Å². The fraction of sp³-hybridized carbons (Fsp3) is 0.381. The van der Waals surface area contributed by atoms with Crippen molar-refractivity contribution < 1.29 is 18.6 Å². The van der Waals surface area contributed by atoms with Gasteiger partial charge in [0.15, 0.2) is 17.5 Å². The fourth-order valence-electron chi connectivity index (χ4n) is 2.78. The number of aliphatic imine (C=N–C) groups is 1. The van der Waals surface area contributed by atoms with Crippen LogP contribution in [0.4, 0.5) is 10.1 Å². The molecule has 0 bridgehead atoms. The third kappa shape index (κ3) is 7.69. The number of fused-ring (bicyclic) bond motifs is 1. The Bertz CT molecular complexity index is 804. The highest BCUT2D eigenvalue weighted by atomic mass is 127. The van der Waals surface area contributed by atoms with Crippen LogP contribution >= 0.6 is 24.0 Å². The average Bonchev–Trinajstić information content (AvgIpc) is 2.93. The number of halogens is 2. The van der Waals surface area contributed by atoms with Gasteiger partial charge in [-0.05, 0) is 36.2 Å². The van der Waals surface area contributed by atoms with Gasteiger partial charge in [-0.2, -0.15) is 0 Å². The molecule has 0 amide bonds. The molecule has 2 aromatic rings. The molecule has 2 aromatic carbocycles. The smallest absolute Gasteiger partial charge is 0.195 e. The highest BCUT2D eigenvalue weighted by Gasteiger charge is 2.11. The molecule has 0 radical (unpaired) electrons. The summed E-state index contributed by atoms with van der Waals surface area (Å²) >= 11 is 0. The Balaban J connectivity index is 0.00000300. The van der Waals surface area contributed by atoms with E-state index in [-0.39, 0.29) is 29.8 Å². The van der Waals surface area contributed by atoms with Crippen LogP contribution in [0.15, 0.2) is 47.5 Å². The molecule has 1 heterocycles. The molecule has 3 rings (SSSR count). The largest absolute Gasteiger partial charge is 0.490 e. The maximum Gasteiger partial charge on any atom is 0.195 e. The predicted octanol–water partition coefficient (Wildman–Crippen LogP) is 3.85. The minimum atomic E-state index is -0.225. The van der Waals surface area contributed by atoms with Gasteiger partial charge in [-0.15, -0.1) is 24.0 Å². The molecule has 1 aliphatic rings. The van der Waals surface area contributed by atoms with Crippen LogP contribution < -0.4 is 20.1 Å². The van der Waals surface area contributed by atoms with Gasteiger partial charge in [0.25, 0.3) is 0 Å². The van der Waals surface area contributed by atoms with Crippen LogP contribution in [0, 0.1) is 5.82 Å². The van der Waals surface area contributed by atoms with Gasteiger partial charge in [-0.1, -0.05) is 12.1 Å². The van der Waals surface area contributed by atoms with Crippen molar-refractivity contribution in [3.63, 3.8) is 0 Å². The lowest BCUT2D eigenvalue weighted by Crippen LogP contribution is -2.33. The molecule has 2 N–H and O–H groups in total. The van der Waals surface area contributed by atoms with Gasteiger partial charge in [0.05, 0.1) is 26.4 Å². The number of hydrogen-bond donors (Lipinski definition) is 2. The lowest BCUT2D eigenvalue weighted by molar-refractivity contribution is 0.208. The van der Waals surface area contributed by atoms with E-state index in [4.69, 9.17) is 14.2 Å². The predicted molar refractivity (Wildman–Crippen MR) is 123 cm³/mol. The Morgan fingerprint density at radius 2 is 1.97 bits per heavy atom. The summed E-state index contributed by atoms with van der Waals surface area (Å²) in [6.07, 6.45) is 1.55. The highest BCUT2D eigenvalue weighted by Crippen LogP contribution is 2.32. The first-order chi connectivity index (χ1) is 13.7. The average molecular weight is 515 g/mol. The van der Waals surface area contributed by atoms with Crippen LogP contribution in [-0.2, 0) is 11.2 Å². The highest BCUT2D eigenvalue weighted by molar-refractivity contribution is 14.0. The molecule has 1 aliphatic heterocycles. The van der Waals surface area contributed by atoms with E-state index in [1.807, 2.05) is 24.3 Å². The Kier molecular flexibility index (Phi) is 9.99. The zero-order valence-electron chi connectivity index (χ0n) is 16.4. The maximum absolute atomic E-state index is 13.3. The quantitative estimate of drug-likeness (QED) is 0.254. The Morgan fingerprint density at radius 1 is 1.14 bits per heavy atom. The van der Waals surface area contributed by atoms with E-state index < -0.39 is 0 Å². The first-order valence-corrected chi connectivity index (χ1v) is 9.43. The first-order valence-electron chi connectivity index (χ1n) is 9.43. The monoisotopic (exact) mass is 515 g/mol. The summed E-state index contributed by atoms with van der Waals surface area (Å²) in [5, 5.41) is 6.56. The van der Waals surface area contributed by atoms with Crippen molar-refractivity contribution >= 4 is 35.6 Å².